The molecule has 1 aromatic heterocycles. The van der Waals surface area contributed by atoms with Gasteiger partial charge in [0.2, 0.25) is 5.91 Å². The minimum Gasteiger partial charge on any atom is -0.294 e. The van der Waals surface area contributed by atoms with Crippen molar-refractivity contribution >= 4 is 46.5 Å². The Bertz CT molecular complexity index is 412. The molecule has 1 unspecified atom stereocenters. The molecule has 2 heterocycles. The van der Waals surface area contributed by atoms with E-state index in [-0.39, 0.29) is 21.5 Å². The summed E-state index contributed by atoms with van der Waals surface area (Å²) in [7, 11) is 0. The van der Waals surface area contributed by atoms with Gasteiger partial charge in [0.1, 0.15) is 11.3 Å². The van der Waals surface area contributed by atoms with E-state index in [1.807, 2.05) is 0 Å². The van der Waals surface area contributed by atoms with Crippen LogP contribution in [0.2, 0.25) is 10.2 Å². The van der Waals surface area contributed by atoms with Crippen molar-refractivity contribution in [2.75, 3.05) is 11.4 Å². The Morgan fingerprint density at radius 2 is 2.13 bits per heavy atom. The monoisotopic (exact) mass is 265 g/mol. The second kappa shape index (κ2) is 4.12. The third kappa shape index (κ3) is 2.02. The lowest BCUT2D eigenvalue weighted by molar-refractivity contribution is -0.117. The molecule has 15 heavy (non-hydrogen) atoms. The van der Waals surface area contributed by atoms with Crippen LogP contribution in [0.1, 0.15) is 6.42 Å². The summed E-state index contributed by atoms with van der Waals surface area (Å²) >= 11 is 17.5. The predicted octanol–water partition coefficient (Wildman–Crippen LogP) is 2.13. The van der Waals surface area contributed by atoms with Gasteiger partial charge in [0.15, 0.2) is 11.0 Å². The number of rotatable bonds is 1. The van der Waals surface area contributed by atoms with Crippen LogP contribution in [0.3, 0.4) is 0 Å². The highest BCUT2D eigenvalue weighted by atomic mass is 35.5. The highest BCUT2D eigenvalue weighted by molar-refractivity contribution is 6.43. The summed E-state index contributed by atoms with van der Waals surface area (Å²) in [5.74, 6) is 0.219. The molecule has 0 bridgehead atoms. The highest BCUT2D eigenvalue weighted by Crippen LogP contribution is 2.31. The summed E-state index contributed by atoms with van der Waals surface area (Å²) in [6.45, 7) is 0.396. The molecule has 0 radical (unpaired) electrons. The van der Waals surface area contributed by atoms with Crippen molar-refractivity contribution in [3.63, 3.8) is 0 Å². The fourth-order valence-corrected chi connectivity index (χ4v) is 1.99. The number of carbonyl (C=O) groups is 1. The van der Waals surface area contributed by atoms with Crippen LogP contribution in [-0.2, 0) is 4.79 Å². The Labute approximate surface area is 101 Å². The standard InChI is InChI=1S/C8H6Cl3N3O/c9-4-1-5(15)14(2-4)8-6(10)7(11)12-3-13-8/h3-4H,1-2H2. The van der Waals surface area contributed by atoms with Crippen LogP contribution in [0.15, 0.2) is 6.33 Å². The quantitative estimate of drug-likeness (QED) is 0.578. The van der Waals surface area contributed by atoms with Crippen LogP contribution in [0.4, 0.5) is 5.82 Å². The molecule has 0 saturated carbocycles. The van der Waals surface area contributed by atoms with Gasteiger partial charge in [0, 0.05) is 13.0 Å². The summed E-state index contributed by atoms with van der Waals surface area (Å²) in [4.78, 5) is 20.6. The van der Waals surface area contributed by atoms with Gasteiger partial charge in [-0.25, -0.2) is 9.97 Å². The molecule has 2 rings (SSSR count). The molecular formula is C8H6Cl3N3O. The Balaban J connectivity index is 2.38. The van der Waals surface area contributed by atoms with Gasteiger partial charge >= 0.3 is 0 Å². The molecule has 4 nitrogen and oxygen atoms in total. The maximum absolute atomic E-state index is 11.5. The van der Waals surface area contributed by atoms with Crippen molar-refractivity contribution < 1.29 is 4.79 Å². The molecular weight excluding hydrogens is 260 g/mol. The lowest BCUT2D eigenvalue weighted by Gasteiger charge is -2.15. The summed E-state index contributed by atoms with van der Waals surface area (Å²) < 4.78 is 0. The van der Waals surface area contributed by atoms with Gasteiger partial charge < -0.3 is 0 Å². The van der Waals surface area contributed by atoms with Crippen LogP contribution in [0, 0.1) is 0 Å². The average molecular weight is 267 g/mol. The molecule has 1 aliphatic rings. The zero-order chi connectivity index (χ0) is 11.0. The van der Waals surface area contributed by atoms with Crippen molar-refractivity contribution in [2.24, 2.45) is 0 Å². The largest absolute Gasteiger partial charge is 0.294 e. The first-order valence-corrected chi connectivity index (χ1v) is 5.39. The number of anilines is 1. The van der Waals surface area contributed by atoms with Gasteiger partial charge in [-0.1, -0.05) is 23.2 Å². The van der Waals surface area contributed by atoms with Crippen LogP contribution >= 0.6 is 34.8 Å². The second-order valence-electron chi connectivity index (χ2n) is 3.11. The van der Waals surface area contributed by atoms with Crippen molar-refractivity contribution in [3.8, 4) is 0 Å². The third-order valence-electron chi connectivity index (χ3n) is 2.06. The number of alkyl halides is 1. The first-order chi connectivity index (χ1) is 7.09. The van der Waals surface area contributed by atoms with Crippen LogP contribution in [0.25, 0.3) is 0 Å². The lowest BCUT2D eigenvalue weighted by Crippen LogP contribution is -2.26. The first-order valence-electron chi connectivity index (χ1n) is 4.20. The van der Waals surface area contributed by atoms with Crippen LogP contribution in [0.5, 0.6) is 0 Å². The number of aromatic nitrogens is 2. The van der Waals surface area contributed by atoms with E-state index < -0.39 is 0 Å². The van der Waals surface area contributed by atoms with Crippen molar-refractivity contribution in [3.05, 3.63) is 16.5 Å². The summed E-state index contributed by atoms with van der Waals surface area (Å²) in [5.41, 5.74) is 0. The number of carbonyl (C=O) groups excluding carboxylic acids is 1. The van der Waals surface area contributed by atoms with Crippen molar-refractivity contribution in [1.82, 2.24) is 9.97 Å². The first kappa shape index (κ1) is 10.9. The van der Waals surface area contributed by atoms with E-state index in [2.05, 4.69) is 9.97 Å². The lowest BCUT2D eigenvalue weighted by atomic mass is 10.4. The zero-order valence-corrected chi connectivity index (χ0v) is 9.72. The Morgan fingerprint density at radius 3 is 2.73 bits per heavy atom. The van der Waals surface area contributed by atoms with E-state index in [9.17, 15) is 4.79 Å². The molecule has 1 fully saturated rings. The maximum Gasteiger partial charge on any atom is 0.229 e. The van der Waals surface area contributed by atoms with E-state index in [1.54, 1.807) is 0 Å². The topological polar surface area (TPSA) is 46.1 Å². The Morgan fingerprint density at radius 1 is 1.40 bits per heavy atom. The zero-order valence-electron chi connectivity index (χ0n) is 7.45. The Kier molecular flexibility index (Phi) is 3.00. The number of hydrogen-bond acceptors (Lipinski definition) is 3. The molecule has 1 amide bonds. The fourth-order valence-electron chi connectivity index (χ4n) is 1.40. The third-order valence-corrected chi connectivity index (χ3v) is 3.09. The average Bonchev–Trinajstić information content (AvgIpc) is 2.50. The molecule has 1 aliphatic heterocycles. The minimum atomic E-state index is -0.206. The number of nitrogens with zero attached hydrogens (tertiary/aromatic N) is 3. The molecule has 0 aliphatic carbocycles. The molecule has 1 atom stereocenters. The summed E-state index contributed by atoms with van der Waals surface area (Å²) in [6.07, 6.45) is 1.55. The number of hydrogen-bond donors (Lipinski definition) is 0. The van der Waals surface area contributed by atoms with Gasteiger partial charge in [0.05, 0.1) is 5.38 Å². The van der Waals surface area contributed by atoms with Crippen molar-refractivity contribution in [1.29, 1.82) is 0 Å². The molecule has 0 spiro atoms. The van der Waals surface area contributed by atoms with E-state index in [4.69, 9.17) is 34.8 Å². The summed E-state index contributed by atoms with van der Waals surface area (Å²) in [6, 6.07) is 0. The maximum atomic E-state index is 11.5. The number of amides is 1. The fraction of sp³-hybridized carbons (Fsp3) is 0.375. The highest BCUT2D eigenvalue weighted by Gasteiger charge is 2.31. The number of halogens is 3. The van der Waals surface area contributed by atoms with Gasteiger partial charge in [-0.3, -0.25) is 9.69 Å². The van der Waals surface area contributed by atoms with E-state index in [0.29, 0.717) is 18.8 Å². The SMILES string of the molecule is O=C1CC(Cl)CN1c1ncnc(Cl)c1Cl. The second-order valence-corrected chi connectivity index (χ2v) is 4.46. The molecule has 80 valence electrons. The molecule has 1 aromatic rings. The molecule has 1 saturated heterocycles. The van der Waals surface area contributed by atoms with Gasteiger partial charge in [-0.15, -0.1) is 11.6 Å². The van der Waals surface area contributed by atoms with Crippen LogP contribution in [-0.4, -0.2) is 27.8 Å². The minimum absolute atomic E-state index is 0.105. The van der Waals surface area contributed by atoms with Crippen LogP contribution < -0.4 is 4.90 Å². The molecule has 0 aromatic carbocycles. The predicted molar refractivity (Wildman–Crippen MR) is 58.7 cm³/mol. The van der Waals surface area contributed by atoms with Gasteiger partial charge in [-0.05, 0) is 0 Å². The van der Waals surface area contributed by atoms with Gasteiger partial charge in [0.25, 0.3) is 0 Å². The normalized spacial score (nSPS) is 21.1. The van der Waals surface area contributed by atoms with E-state index >= 15 is 0 Å². The van der Waals surface area contributed by atoms with Gasteiger partial charge in [-0.2, -0.15) is 0 Å². The van der Waals surface area contributed by atoms with E-state index in [1.165, 1.54) is 11.2 Å². The Hall–Kier alpha value is -0.580. The molecule has 0 N–H and O–H groups in total. The molecule has 7 heteroatoms. The van der Waals surface area contributed by atoms with E-state index in [0.717, 1.165) is 0 Å². The van der Waals surface area contributed by atoms with Crippen molar-refractivity contribution in [2.45, 2.75) is 11.8 Å². The smallest absolute Gasteiger partial charge is 0.229 e. The summed E-state index contributed by atoms with van der Waals surface area (Å²) in [5, 5.41) is 0.105.